The van der Waals surface area contributed by atoms with Gasteiger partial charge in [-0.25, -0.2) is 18.4 Å². The van der Waals surface area contributed by atoms with Crippen molar-refractivity contribution in [2.45, 2.75) is 30.8 Å². The van der Waals surface area contributed by atoms with Gasteiger partial charge < -0.3 is 14.6 Å². The molecule has 0 radical (unpaired) electrons. The van der Waals surface area contributed by atoms with E-state index in [0.717, 1.165) is 59.3 Å². The number of hydrogen-bond donors (Lipinski definition) is 1. The fraction of sp³-hybridized carbons (Fsp3) is 0.400. The third kappa shape index (κ3) is 3.22. The average Bonchev–Trinajstić information content (AvgIpc) is 3.45. The summed E-state index contributed by atoms with van der Waals surface area (Å²) < 4.78 is 32.0. The van der Waals surface area contributed by atoms with Crippen molar-refractivity contribution in [1.82, 2.24) is 14.5 Å². The minimum absolute atomic E-state index is 0.0572. The van der Waals surface area contributed by atoms with Gasteiger partial charge in [-0.1, -0.05) is 0 Å². The second-order valence-electron chi connectivity index (χ2n) is 7.61. The van der Waals surface area contributed by atoms with Crippen LogP contribution in [0.5, 0.6) is 5.75 Å². The lowest BCUT2D eigenvalue weighted by Crippen LogP contribution is -2.04. The van der Waals surface area contributed by atoms with Gasteiger partial charge in [0.25, 0.3) is 0 Å². The van der Waals surface area contributed by atoms with Crippen molar-refractivity contribution in [3.8, 4) is 17.1 Å². The number of benzene rings is 1. The Labute approximate surface area is 163 Å². The van der Waals surface area contributed by atoms with Crippen LogP contribution >= 0.6 is 0 Å². The van der Waals surface area contributed by atoms with Gasteiger partial charge in [0.1, 0.15) is 17.1 Å². The van der Waals surface area contributed by atoms with Gasteiger partial charge in [-0.05, 0) is 43.4 Å². The van der Waals surface area contributed by atoms with Crippen LogP contribution in [0, 0.1) is 5.92 Å². The molecule has 28 heavy (non-hydrogen) atoms. The minimum atomic E-state index is -3.38. The first-order valence-corrected chi connectivity index (χ1v) is 11.5. The van der Waals surface area contributed by atoms with E-state index in [2.05, 4.69) is 20.9 Å². The van der Waals surface area contributed by atoms with Gasteiger partial charge in [-0.2, -0.15) is 0 Å². The number of nitrogens with one attached hydrogen (secondary N) is 1. The quantitative estimate of drug-likeness (QED) is 0.711. The number of nitrogens with zero attached hydrogens (tertiary/aromatic N) is 3. The SMILES string of the molecule is CS(=O)(=O)c1cc(-c2nc3cc(NCC4CC4)cc4c3n2CCCO4)ccn1. The molecular weight excluding hydrogens is 376 g/mol. The summed E-state index contributed by atoms with van der Waals surface area (Å²) in [6.07, 6.45) is 6.14. The number of aromatic nitrogens is 3. The van der Waals surface area contributed by atoms with Crippen molar-refractivity contribution in [2.24, 2.45) is 5.92 Å². The molecule has 1 aliphatic carbocycles. The highest BCUT2D eigenvalue weighted by Gasteiger charge is 2.23. The first kappa shape index (κ1) is 17.5. The Balaban J connectivity index is 1.64. The number of sulfone groups is 1. The molecule has 7 nitrogen and oxygen atoms in total. The Morgan fingerprint density at radius 2 is 2.14 bits per heavy atom. The van der Waals surface area contributed by atoms with E-state index in [1.165, 1.54) is 25.3 Å². The molecule has 1 saturated carbocycles. The van der Waals surface area contributed by atoms with E-state index in [1.807, 2.05) is 6.07 Å². The first-order valence-electron chi connectivity index (χ1n) is 9.56. The molecule has 1 aliphatic heterocycles. The zero-order valence-electron chi connectivity index (χ0n) is 15.7. The molecule has 3 heterocycles. The van der Waals surface area contributed by atoms with Gasteiger partial charge in [0.05, 0.1) is 12.1 Å². The van der Waals surface area contributed by atoms with Crippen LogP contribution in [0.25, 0.3) is 22.4 Å². The van der Waals surface area contributed by atoms with Gasteiger partial charge in [0.2, 0.25) is 0 Å². The summed E-state index contributed by atoms with van der Waals surface area (Å²) in [4.78, 5) is 8.84. The molecule has 5 rings (SSSR count). The van der Waals surface area contributed by atoms with Crippen LogP contribution in [0.15, 0.2) is 35.5 Å². The van der Waals surface area contributed by atoms with Gasteiger partial charge in [-0.15, -0.1) is 0 Å². The summed E-state index contributed by atoms with van der Waals surface area (Å²) in [6.45, 7) is 2.39. The Hall–Kier alpha value is -2.61. The molecular formula is C20H22N4O3S. The number of hydrogen-bond acceptors (Lipinski definition) is 6. The monoisotopic (exact) mass is 398 g/mol. The molecule has 1 N–H and O–H groups in total. The van der Waals surface area contributed by atoms with Gasteiger partial charge in [-0.3, -0.25) is 0 Å². The Morgan fingerprint density at radius 3 is 2.93 bits per heavy atom. The average molecular weight is 398 g/mol. The number of pyridine rings is 1. The summed E-state index contributed by atoms with van der Waals surface area (Å²) in [5, 5.41) is 3.55. The fourth-order valence-corrected chi connectivity index (χ4v) is 4.21. The molecule has 0 saturated heterocycles. The molecule has 0 atom stereocenters. The van der Waals surface area contributed by atoms with E-state index >= 15 is 0 Å². The van der Waals surface area contributed by atoms with E-state index < -0.39 is 9.84 Å². The molecule has 146 valence electrons. The zero-order valence-corrected chi connectivity index (χ0v) is 16.5. The standard InChI is InChI=1S/C20H22N4O3S/c1-28(25,26)18-9-14(5-6-21-18)20-23-16-10-15(22-12-13-3-4-13)11-17-19(16)24(20)7-2-8-27-17/h5-6,9-11,13,22H,2-4,7-8,12H2,1H3. The first-order chi connectivity index (χ1) is 13.5. The van der Waals surface area contributed by atoms with Gasteiger partial charge in [0, 0.05) is 42.9 Å². The lowest BCUT2D eigenvalue weighted by molar-refractivity contribution is 0.316. The van der Waals surface area contributed by atoms with Crippen LogP contribution in [-0.4, -0.2) is 42.4 Å². The van der Waals surface area contributed by atoms with E-state index in [9.17, 15) is 8.42 Å². The number of rotatable bonds is 5. The summed E-state index contributed by atoms with van der Waals surface area (Å²) in [6, 6.07) is 7.50. The summed E-state index contributed by atoms with van der Waals surface area (Å²) in [5.41, 5.74) is 3.57. The molecule has 1 aromatic carbocycles. The largest absolute Gasteiger partial charge is 0.491 e. The molecule has 0 unspecified atom stereocenters. The maximum atomic E-state index is 11.9. The van der Waals surface area contributed by atoms with Crippen molar-refractivity contribution >= 4 is 26.6 Å². The molecule has 2 aliphatic rings. The predicted molar refractivity (Wildman–Crippen MR) is 107 cm³/mol. The van der Waals surface area contributed by atoms with Crippen molar-refractivity contribution in [3.05, 3.63) is 30.5 Å². The molecule has 0 amide bonds. The van der Waals surface area contributed by atoms with Crippen molar-refractivity contribution in [3.63, 3.8) is 0 Å². The van der Waals surface area contributed by atoms with E-state index in [1.54, 1.807) is 12.1 Å². The van der Waals surface area contributed by atoms with E-state index in [4.69, 9.17) is 9.72 Å². The normalized spacial score (nSPS) is 16.6. The second kappa shape index (κ2) is 6.48. The predicted octanol–water partition coefficient (Wildman–Crippen LogP) is 3.11. The summed E-state index contributed by atoms with van der Waals surface area (Å²) >= 11 is 0. The lowest BCUT2D eigenvalue weighted by atomic mass is 10.2. The highest BCUT2D eigenvalue weighted by molar-refractivity contribution is 7.90. The minimum Gasteiger partial charge on any atom is -0.491 e. The van der Waals surface area contributed by atoms with Crippen molar-refractivity contribution in [2.75, 3.05) is 24.7 Å². The Morgan fingerprint density at radius 1 is 1.29 bits per heavy atom. The lowest BCUT2D eigenvalue weighted by Gasteiger charge is -2.10. The van der Waals surface area contributed by atoms with Crippen LogP contribution in [0.1, 0.15) is 19.3 Å². The summed E-state index contributed by atoms with van der Waals surface area (Å²) in [5.74, 6) is 2.34. The second-order valence-corrected chi connectivity index (χ2v) is 9.57. The van der Waals surface area contributed by atoms with E-state index in [-0.39, 0.29) is 5.03 Å². The third-order valence-corrected chi connectivity index (χ3v) is 6.24. The Bertz CT molecular complexity index is 1170. The van der Waals surface area contributed by atoms with Crippen LogP contribution in [0.4, 0.5) is 5.69 Å². The van der Waals surface area contributed by atoms with Crippen LogP contribution in [0.3, 0.4) is 0 Å². The van der Waals surface area contributed by atoms with Gasteiger partial charge >= 0.3 is 0 Å². The molecule has 0 bridgehead atoms. The fourth-order valence-electron chi connectivity index (χ4n) is 3.62. The number of aryl methyl sites for hydroxylation is 1. The maximum absolute atomic E-state index is 11.9. The van der Waals surface area contributed by atoms with E-state index in [0.29, 0.717) is 6.61 Å². The van der Waals surface area contributed by atoms with Crippen LogP contribution < -0.4 is 10.1 Å². The third-order valence-electron chi connectivity index (χ3n) is 5.26. The molecule has 0 spiro atoms. The smallest absolute Gasteiger partial charge is 0.192 e. The number of anilines is 1. The molecule has 2 aromatic heterocycles. The topological polar surface area (TPSA) is 86.1 Å². The van der Waals surface area contributed by atoms with Gasteiger partial charge in [0.15, 0.2) is 14.9 Å². The number of imidazole rings is 1. The van der Waals surface area contributed by atoms with Crippen LogP contribution in [0.2, 0.25) is 0 Å². The molecule has 1 fully saturated rings. The van der Waals surface area contributed by atoms with Crippen molar-refractivity contribution in [1.29, 1.82) is 0 Å². The molecule has 3 aromatic rings. The molecule has 8 heteroatoms. The van der Waals surface area contributed by atoms with Crippen molar-refractivity contribution < 1.29 is 13.2 Å². The summed E-state index contributed by atoms with van der Waals surface area (Å²) in [7, 11) is -3.38. The Kier molecular flexibility index (Phi) is 4.04. The highest BCUT2D eigenvalue weighted by atomic mass is 32.2. The van der Waals surface area contributed by atoms with Crippen LogP contribution in [-0.2, 0) is 16.4 Å². The maximum Gasteiger partial charge on any atom is 0.192 e. The zero-order chi connectivity index (χ0) is 19.3. The highest BCUT2D eigenvalue weighted by Crippen LogP contribution is 2.37. The number of ether oxygens (including phenoxy) is 1.